The van der Waals surface area contributed by atoms with Crippen LogP contribution < -0.4 is 0 Å². The lowest BCUT2D eigenvalue weighted by Gasteiger charge is -2.24. The Labute approximate surface area is 87.1 Å². The van der Waals surface area contributed by atoms with Crippen molar-refractivity contribution in [3.8, 4) is 0 Å². The van der Waals surface area contributed by atoms with Crippen LogP contribution in [0.4, 0.5) is 8.78 Å². The first-order chi connectivity index (χ1) is 7.20. The van der Waals surface area contributed by atoms with Crippen molar-refractivity contribution in [1.29, 1.82) is 0 Å². The van der Waals surface area contributed by atoms with Gasteiger partial charge in [0.05, 0.1) is 5.41 Å². The van der Waals surface area contributed by atoms with E-state index in [1.807, 2.05) is 0 Å². The first-order valence-electron chi connectivity index (χ1n) is 5.05. The number of carbonyl (C=O) groups is 1. The maximum atomic E-state index is 13.5. The summed E-state index contributed by atoms with van der Waals surface area (Å²) in [6.45, 7) is -0.799. The average Bonchev–Trinajstić information content (AvgIpc) is 2.61. The highest BCUT2D eigenvalue weighted by molar-refractivity contribution is 5.92. The van der Waals surface area contributed by atoms with Gasteiger partial charge in [0.2, 0.25) is 0 Å². The van der Waals surface area contributed by atoms with Crippen molar-refractivity contribution >= 4 is 5.78 Å². The minimum Gasteiger partial charge on any atom is -0.299 e. The summed E-state index contributed by atoms with van der Waals surface area (Å²) in [5.74, 6) is -0.652. The van der Waals surface area contributed by atoms with Gasteiger partial charge in [-0.15, -0.1) is 0 Å². The summed E-state index contributed by atoms with van der Waals surface area (Å²) in [6, 6.07) is 5.97. The molecule has 1 nitrogen and oxygen atoms in total. The Bertz CT molecular complexity index is 389. The largest absolute Gasteiger partial charge is 0.299 e. The lowest BCUT2D eigenvalue weighted by atomic mass is 9.79. The molecule has 1 aliphatic rings. The van der Waals surface area contributed by atoms with Gasteiger partial charge in [0.1, 0.15) is 18.3 Å². The van der Waals surface area contributed by atoms with Gasteiger partial charge in [-0.25, -0.2) is 8.78 Å². The third-order valence-electron chi connectivity index (χ3n) is 3.16. The molecule has 15 heavy (non-hydrogen) atoms. The zero-order chi connectivity index (χ0) is 10.9. The fourth-order valence-electron chi connectivity index (χ4n) is 2.28. The van der Waals surface area contributed by atoms with Crippen LogP contribution >= 0.6 is 0 Å². The Morgan fingerprint density at radius 2 is 2.07 bits per heavy atom. The van der Waals surface area contributed by atoms with Gasteiger partial charge in [0.15, 0.2) is 0 Å². The van der Waals surface area contributed by atoms with Gasteiger partial charge in [0.25, 0.3) is 0 Å². The zero-order valence-electron chi connectivity index (χ0n) is 8.30. The standard InChI is InChI=1S/C12H12F2O/c13-8-12(7-3-6-11(12)15)9-4-1-2-5-10(9)14/h1-2,4-5H,3,6-8H2. The van der Waals surface area contributed by atoms with Crippen LogP contribution in [0.25, 0.3) is 0 Å². The Kier molecular flexibility index (Phi) is 2.55. The Morgan fingerprint density at radius 3 is 2.60 bits per heavy atom. The number of hydrogen-bond acceptors (Lipinski definition) is 1. The van der Waals surface area contributed by atoms with E-state index < -0.39 is 17.9 Å². The molecule has 0 saturated heterocycles. The number of ketones is 1. The molecule has 0 radical (unpaired) electrons. The molecule has 2 rings (SSSR count). The summed E-state index contributed by atoms with van der Waals surface area (Å²) in [7, 11) is 0. The third kappa shape index (κ3) is 1.46. The van der Waals surface area contributed by atoms with Crippen LogP contribution in [0.1, 0.15) is 24.8 Å². The van der Waals surface area contributed by atoms with E-state index in [-0.39, 0.29) is 11.3 Å². The number of benzene rings is 1. The molecule has 1 aliphatic carbocycles. The van der Waals surface area contributed by atoms with E-state index in [2.05, 4.69) is 0 Å². The minimum atomic E-state index is -1.20. The molecule has 1 unspecified atom stereocenters. The van der Waals surface area contributed by atoms with Gasteiger partial charge >= 0.3 is 0 Å². The molecule has 1 saturated carbocycles. The second-order valence-electron chi connectivity index (χ2n) is 3.97. The molecular formula is C12H12F2O. The molecule has 3 heteroatoms. The Hall–Kier alpha value is -1.25. The van der Waals surface area contributed by atoms with Gasteiger partial charge in [-0.2, -0.15) is 0 Å². The number of carbonyl (C=O) groups excluding carboxylic acids is 1. The monoisotopic (exact) mass is 210 g/mol. The molecular weight excluding hydrogens is 198 g/mol. The summed E-state index contributed by atoms with van der Waals surface area (Å²) >= 11 is 0. The molecule has 0 bridgehead atoms. The Balaban J connectivity index is 2.51. The van der Waals surface area contributed by atoms with Gasteiger partial charge < -0.3 is 0 Å². The maximum Gasteiger partial charge on any atom is 0.146 e. The van der Waals surface area contributed by atoms with Crippen molar-refractivity contribution in [2.45, 2.75) is 24.7 Å². The van der Waals surface area contributed by atoms with Crippen molar-refractivity contribution < 1.29 is 13.6 Å². The smallest absolute Gasteiger partial charge is 0.146 e. The molecule has 0 N–H and O–H groups in total. The number of Topliss-reactive ketones (excluding diaryl/α,β-unsaturated/α-hetero) is 1. The normalized spacial score (nSPS) is 25.9. The van der Waals surface area contributed by atoms with E-state index in [1.165, 1.54) is 12.1 Å². The highest BCUT2D eigenvalue weighted by Gasteiger charge is 2.45. The van der Waals surface area contributed by atoms with Crippen LogP contribution in [-0.4, -0.2) is 12.5 Å². The number of rotatable bonds is 2. The molecule has 1 aromatic carbocycles. The second-order valence-corrected chi connectivity index (χ2v) is 3.97. The van der Waals surface area contributed by atoms with Crippen LogP contribution in [0.2, 0.25) is 0 Å². The molecule has 0 heterocycles. The molecule has 0 spiro atoms. The van der Waals surface area contributed by atoms with Gasteiger partial charge in [-0.1, -0.05) is 18.2 Å². The van der Waals surface area contributed by atoms with E-state index >= 15 is 0 Å². The van der Waals surface area contributed by atoms with Gasteiger partial charge in [-0.05, 0) is 18.9 Å². The van der Waals surface area contributed by atoms with E-state index in [9.17, 15) is 13.6 Å². The predicted molar refractivity (Wildman–Crippen MR) is 52.9 cm³/mol. The zero-order valence-corrected chi connectivity index (χ0v) is 8.30. The van der Waals surface area contributed by atoms with Crippen molar-refractivity contribution in [1.82, 2.24) is 0 Å². The summed E-state index contributed by atoms with van der Waals surface area (Å²) in [5.41, 5.74) is -0.985. The van der Waals surface area contributed by atoms with Crippen molar-refractivity contribution in [3.63, 3.8) is 0 Å². The molecule has 0 amide bonds. The van der Waals surface area contributed by atoms with Crippen LogP contribution in [-0.2, 0) is 10.2 Å². The molecule has 1 fully saturated rings. The lowest BCUT2D eigenvalue weighted by molar-refractivity contribution is -0.122. The quantitative estimate of drug-likeness (QED) is 0.733. The van der Waals surface area contributed by atoms with Crippen molar-refractivity contribution in [2.75, 3.05) is 6.67 Å². The molecule has 1 atom stereocenters. The third-order valence-corrected chi connectivity index (χ3v) is 3.16. The summed E-state index contributed by atoms with van der Waals surface area (Å²) in [4.78, 5) is 11.7. The highest BCUT2D eigenvalue weighted by atomic mass is 19.1. The van der Waals surface area contributed by atoms with E-state index in [1.54, 1.807) is 12.1 Å². The number of halogens is 2. The topological polar surface area (TPSA) is 17.1 Å². The molecule has 0 aliphatic heterocycles. The maximum absolute atomic E-state index is 13.5. The fourth-order valence-corrected chi connectivity index (χ4v) is 2.28. The number of hydrogen-bond donors (Lipinski definition) is 0. The van der Waals surface area contributed by atoms with Crippen LogP contribution in [0.5, 0.6) is 0 Å². The summed E-state index contributed by atoms with van der Waals surface area (Å²) in [6.07, 6.45) is 1.43. The van der Waals surface area contributed by atoms with Crippen molar-refractivity contribution in [3.05, 3.63) is 35.6 Å². The Morgan fingerprint density at radius 1 is 1.33 bits per heavy atom. The average molecular weight is 210 g/mol. The van der Waals surface area contributed by atoms with Crippen molar-refractivity contribution in [2.24, 2.45) is 0 Å². The highest BCUT2D eigenvalue weighted by Crippen LogP contribution is 2.39. The van der Waals surface area contributed by atoms with Gasteiger partial charge in [-0.3, -0.25) is 4.79 Å². The minimum absolute atomic E-state index is 0.171. The SMILES string of the molecule is O=C1CCCC1(CF)c1ccccc1F. The first-order valence-corrected chi connectivity index (χ1v) is 5.05. The second kappa shape index (κ2) is 3.72. The van der Waals surface area contributed by atoms with E-state index in [0.717, 1.165) is 0 Å². The molecule has 0 aromatic heterocycles. The number of alkyl halides is 1. The lowest BCUT2D eigenvalue weighted by Crippen LogP contribution is -2.34. The summed E-state index contributed by atoms with van der Waals surface area (Å²) in [5, 5.41) is 0. The predicted octanol–water partition coefficient (Wildman–Crippen LogP) is 2.79. The summed E-state index contributed by atoms with van der Waals surface area (Å²) < 4.78 is 26.6. The fraction of sp³-hybridized carbons (Fsp3) is 0.417. The first kappa shape index (κ1) is 10.3. The molecule has 80 valence electrons. The van der Waals surface area contributed by atoms with Crippen LogP contribution in [0.3, 0.4) is 0 Å². The van der Waals surface area contributed by atoms with E-state index in [0.29, 0.717) is 19.3 Å². The van der Waals surface area contributed by atoms with Gasteiger partial charge in [0, 0.05) is 12.0 Å². The van der Waals surface area contributed by atoms with Crippen LogP contribution in [0, 0.1) is 5.82 Å². The van der Waals surface area contributed by atoms with Crippen LogP contribution in [0.15, 0.2) is 24.3 Å². The van der Waals surface area contributed by atoms with E-state index in [4.69, 9.17) is 0 Å². The molecule has 1 aromatic rings.